The summed E-state index contributed by atoms with van der Waals surface area (Å²) >= 11 is 13.6. The van der Waals surface area contributed by atoms with Gasteiger partial charge in [-0.2, -0.15) is 5.10 Å². The number of aryl methyl sites for hydroxylation is 1. The molecule has 1 fully saturated rings. The highest BCUT2D eigenvalue weighted by molar-refractivity contribution is 7.20. The summed E-state index contributed by atoms with van der Waals surface area (Å²) in [5.41, 5.74) is 1.71. The third-order valence-electron chi connectivity index (χ3n) is 5.58. The van der Waals surface area contributed by atoms with E-state index in [1.807, 2.05) is 19.1 Å². The van der Waals surface area contributed by atoms with Gasteiger partial charge in [0.15, 0.2) is 0 Å². The number of aromatic nitrogens is 2. The van der Waals surface area contributed by atoms with E-state index in [1.165, 1.54) is 11.3 Å². The van der Waals surface area contributed by atoms with Crippen LogP contribution in [0.25, 0.3) is 15.9 Å². The molecule has 2 amide bonds. The second-order valence-electron chi connectivity index (χ2n) is 7.67. The molecule has 2 heterocycles. The molecule has 9 heteroatoms. The van der Waals surface area contributed by atoms with Gasteiger partial charge in [-0.05, 0) is 43.5 Å². The SMILES string of the molecule is CCc1nn(-c2ccc(Cl)c(Cl)c2)c2sc(C(=O)NCCNC(=O)C3CCCC3)cc12. The number of hydrogen-bond acceptors (Lipinski definition) is 4. The molecule has 1 aliphatic rings. The molecule has 4 rings (SSSR count). The Morgan fingerprint density at radius 1 is 1.13 bits per heavy atom. The van der Waals surface area contributed by atoms with Gasteiger partial charge in [0.1, 0.15) is 4.83 Å². The predicted molar refractivity (Wildman–Crippen MR) is 126 cm³/mol. The Hall–Kier alpha value is -2.09. The van der Waals surface area contributed by atoms with Crippen LogP contribution in [0.2, 0.25) is 10.0 Å². The number of halogens is 2. The molecule has 0 atom stereocenters. The topological polar surface area (TPSA) is 76.0 Å². The van der Waals surface area contributed by atoms with E-state index in [2.05, 4.69) is 15.7 Å². The van der Waals surface area contributed by atoms with E-state index in [9.17, 15) is 9.59 Å². The van der Waals surface area contributed by atoms with Crippen LogP contribution in [0.15, 0.2) is 24.3 Å². The molecule has 0 spiro atoms. The molecule has 1 aliphatic carbocycles. The zero-order valence-corrected chi connectivity index (χ0v) is 19.5. The Bertz CT molecular complexity index is 1120. The van der Waals surface area contributed by atoms with Crippen molar-refractivity contribution in [2.75, 3.05) is 13.1 Å². The molecular formula is C22H24Cl2N4O2S. The standard InChI is InChI=1S/C22H24Cl2N4O2S/c1-2-18-15-12-19(21(30)26-10-9-25-20(29)13-5-3-4-6-13)31-22(15)28(27-18)14-7-8-16(23)17(24)11-14/h7-8,11-13H,2-6,9-10H2,1H3,(H,25,29)(H,26,30). The Balaban J connectivity index is 1.45. The van der Waals surface area contributed by atoms with E-state index in [-0.39, 0.29) is 17.7 Å². The quantitative estimate of drug-likeness (QED) is 0.469. The molecule has 0 unspecified atom stereocenters. The van der Waals surface area contributed by atoms with Crippen LogP contribution in [0.4, 0.5) is 0 Å². The van der Waals surface area contributed by atoms with Gasteiger partial charge in [0.25, 0.3) is 5.91 Å². The largest absolute Gasteiger partial charge is 0.354 e. The van der Waals surface area contributed by atoms with Gasteiger partial charge in [0, 0.05) is 24.4 Å². The molecule has 1 saturated carbocycles. The highest BCUT2D eigenvalue weighted by Gasteiger charge is 2.22. The monoisotopic (exact) mass is 478 g/mol. The van der Waals surface area contributed by atoms with Crippen LogP contribution in [-0.2, 0) is 11.2 Å². The lowest BCUT2D eigenvalue weighted by molar-refractivity contribution is -0.124. The highest BCUT2D eigenvalue weighted by atomic mass is 35.5. The van der Waals surface area contributed by atoms with Crippen molar-refractivity contribution in [1.82, 2.24) is 20.4 Å². The van der Waals surface area contributed by atoms with Gasteiger partial charge in [-0.25, -0.2) is 4.68 Å². The fourth-order valence-electron chi connectivity index (χ4n) is 3.91. The maximum atomic E-state index is 12.7. The fourth-order valence-corrected chi connectivity index (χ4v) is 5.27. The number of carbonyl (C=O) groups is 2. The fraction of sp³-hybridized carbons (Fsp3) is 0.409. The van der Waals surface area contributed by atoms with Crippen LogP contribution in [0.5, 0.6) is 0 Å². The lowest BCUT2D eigenvalue weighted by Gasteiger charge is -2.10. The summed E-state index contributed by atoms with van der Waals surface area (Å²) in [7, 11) is 0. The minimum Gasteiger partial charge on any atom is -0.354 e. The Kier molecular flexibility index (Phi) is 6.84. The summed E-state index contributed by atoms with van der Waals surface area (Å²) in [6.45, 7) is 2.86. The molecule has 31 heavy (non-hydrogen) atoms. The van der Waals surface area contributed by atoms with Crippen LogP contribution >= 0.6 is 34.5 Å². The number of carbonyl (C=O) groups excluding carboxylic acids is 2. The van der Waals surface area contributed by atoms with E-state index in [0.717, 1.165) is 53.7 Å². The Labute approximate surface area is 194 Å². The summed E-state index contributed by atoms with van der Waals surface area (Å²) in [5.74, 6) is 0.0806. The van der Waals surface area contributed by atoms with Crippen molar-refractivity contribution in [2.24, 2.45) is 5.92 Å². The van der Waals surface area contributed by atoms with E-state index in [1.54, 1.807) is 16.8 Å². The molecular weight excluding hydrogens is 455 g/mol. The van der Waals surface area contributed by atoms with Crippen molar-refractivity contribution in [1.29, 1.82) is 0 Å². The number of nitrogens with one attached hydrogen (secondary N) is 2. The lowest BCUT2D eigenvalue weighted by atomic mass is 10.1. The molecule has 0 radical (unpaired) electrons. The van der Waals surface area contributed by atoms with Crippen molar-refractivity contribution in [3.8, 4) is 5.69 Å². The number of thiophene rings is 1. The maximum Gasteiger partial charge on any atom is 0.261 e. The minimum absolute atomic E-state index is 0.0999. The molecule has 0 bridgehead atoms. The first-order chi connectivity index (χ1) is 15.0. The number of rotatable bonds is 7. The normalized spacial score (nSPS) is 14.3. The second kappa shape index (κ2) is 9.59. The zero-order valence-electron chi connectivity index (χ0n) is 17.2. The molecule has 2 aromatic heterocycles. The molecule has 0 saturated heterocycles. The second-order valence-corrected chi connectivity index (χ2v) is 9.51. The third-order valence-corrected chi connectivity index (χ3v) is 7.43. The summed E-state index contributed by atoms with van der Waals surface area (Å²) in [6.07, 6.45) is 4.93. The molecule has 3 aromatic rings. The van der Waals surface area contributed by atoms with E-state index >= 15 is 0 Å². The van der Waals surface area contributed by atoms with Crippen molar-refractivity contribution in [3.05, 3.63) is 44.9 Å². The summed E-state index contributed by atoms with van der Waals surface area (Å²) in [6, 6.07) is 7.24. The zero-order chi connectivity index (χ0) is 22.0. The first kappa shape index (κ1) is 22.1. The first-order valence-electron chi connectivity index (χ1n) is 10.5. The van der Waals surface area contributed by atoms with Gasteiger partial charge in [-0.1, -0.05) is 43.0 Å². The van der Waals surface area contributed by atoms with E-state index in [0.29, 0.717) is 28.0 Å². The van der Waals surface area contributed by atoms with Gasteiger partial charge < -0.3 is 10.6 Å². The molecule has 6 nitrogen and oxygen atoms in total. The number of hydrogen-bond donors (Lipinski definition) is 2. The van der Waals surface area contributed by atoms with Crippen LogP contribution in [0, 0.1) is 5.92 Å². The van der Waals surface area contributed by atoms with Crippen molar-refractivity contribution in [3.63, 3.8) is 0 Å². The predicted octanol–water partition coefficient (Wildman–Crippen LogP) is 4.99. The van der Waals surface area contributed by atoms with E-state index < -0.39 is 0 Å². The molecule has 1 aromatic carbocycles. The van der Waals surface area contributed by atoms with Crippen LogP contribution in [0.3, 0.4) is 0 Å². The van der Waals surface area contributed by atoms with Crippen LogP contribution < -0.4 is 10.6 Å². The summed E-state index contributed by atoms with van der Waals surface area (Å²) in [5, 5.41) is 12.4. The number of amides is 2. The average molecular weight is 479 g/mol. The first-order valence-corrected chi connectivity index (χ1v) is 12.1. The highest BCUT2D eigenvalue weighted by Crippen LogP contribution is 2.33. The maximum absolute atomic E-state index is 12.7. The molecule has 164 valence electrons. The minimum atomic E-state index is -0.154. The van der Waals surface area contributed by atoms with Crippen molar-refractivity contribution >= 4 is 56.6 Å². The molecule has 2 N–H and O–H groups in total. The van der Waals surface area contributed by atoms with Gasteiger partial charge >= 0.3 is 0 Å². The lowest BCUT2D eigenvalue weighted by Crippen LogP contribution is -2.36. The number of nitrogens with zero attached hydrogens (tertiary/aromatic N) is 2. The average Bonchev–Trinajstić information content (AvgIpc) is 3.49. The summed E-state index contributed by atoms with van der Waals surface area (Å²) in [4.78, 5) is 26.3. The van der Waals surface area contributed by atoms with E-state index in [4.69, 9.17) is 23.2 Å². The number of fused-ring (bicyclic) bond motifs is 1. The van der Waals surface area contributed by atoms with Gasteiger partial charge in [0.05, 0.1) is 26.3 Å². The van der Waals surface area contributed by atoms with Crippen LogP contribution in [0.1, 0.15) is 48.0 Å². The van der Waals surface area contributed by atoms with Gasteiger partial charge in [-0.3, -0.25) is 9.59 Å². The number of benzene rings is 1. The van der Waals surface area contributed by atoms with Gasteiger partial charge in [0.2, 0.25) is 5.91 Å². The van der Waals surface area contributed by atoms with Crippen molar-refractivity contribution in [2.45, 2.75) is 39.0 Å². The Morgan fingerprint density at radius 2 is 1.87 bits per heavy atom. The van der Waals surface area contributed by atoms with Gasteiger partial charge in [-0.15, -0.1) is 11.3 Å². The van der Waals surface area contributed by atoms with Crippen molar-refractivity contribution < 1.29 is 9.59 Å². The van der Waals surface area contributed by atoms with Crippen LogP contribution in [-0.4, -0.2) is 34.7 Å². The molecule has 0 aliphatic heterocycles. The summed E-state index contributed by atoms with van der Waals surface area (Å²) < 4.78 is 1.81. The Morgan fingerprint density at radius 3 is 2.58 bits per heavy atom. The third kappa shape index (κ3) is 4.73. The smallest absolute Gasteiger partial charge is 0.261 e.